The summed E-state index contributed by atoms with van der Waals surface area (Å²) in [6.45, 7) is 0.454. The summed E-state index contributed by atoms with van der Waals surface area (Å²) in [5.74, 6) is -0.717. The Bertz CT molecular complexity index is 882. The molecule has 2 aromatic rings. The number of hydrogen-bond donors (Lipinski definition) is 1. The van der Waals surface area contributed by atoms with Gasteiger partial charge in [-0.05, 0) is 31.7 Å². The van der Waals surface area contributed by atoms with Gasteiger partial charge < -0.3 is 19.5 Å². The Morgan fingerprint density at radius 2 is 2.12 bits per heavy atom. The third-order valence-corrected chi connectivity index (χ3v) is 5.78. The van der Waals surface area contributed by atoms with Crippen LogP contribution >= 0.6 is 0 Å². The topological polar surface area (TPSA) is 93.9 Å². The average Bonchev–Trinajstić information content (AvgIpc) is 3.18. The lowest BCUT2D eigenvalue weighted by atomic mass is 9.79. The minimum Gasteiger partial charge on any atom is -0.496 e. The normalized spacial score (nSPS) is 25.7. The summed E-state index contributed by atoms with van der Waals surface area (Å²) in [5.41, 5.74) is 0.647. The highest BCUT2D eigenvalue weighted by Gasteiger charge is 2.47. The maximum absolute atomic E-state index is 11.7. The number of carbonyl (C=O) groups excluding carboxylic acids is 1. The smallest absolute Gasteiger partial charge is 0.410 e. The number of cyclic esters (lactones) is 1. The van der Waals surface area contributed by atoms with E-state index >= 15 is 0 Å². The molecular formula is C18H21N3O5. The van der Waals surface area contributed by atoms with E-state index in [9.17, 15) is 14.7 Å². The minimum atomic E-state index is -1.02. The molecule has 2 fully saturated rings. The second-order valence-electron chi connectivity index (χ2n) is 7.09. The second kappa shape index (κ2) is 5.89. The molecule has 138 valence electrons. The molecule has 0 bridgehead atoms. The SMILES string of the molecule is COc1cc2nn([C@H]3CC[C@@]4(CC3)COC(=O)N4C)cc2cc1C(=O)O. The fraction of sp³-hybridized carbons (Fsp3) is 0.500. The molecule has 1 aromatic heterocycles. The van der Waals surface area contributed by atoms with Crippen molar-refractivity contribution < 1.29 is 24.2 Å². The van der Waals surface area contributed by atoms with Crippen molar-refractivity contribution >= 4 is 23.0 Å². The van der Waals surface area contributed by atoms with E-state index in [-0.39, 0.29) is 23.2 Å². The van der Waals surface area contributed by atoms with E-state index < -0.39 is 5.97 Å². The number of nitrogens with zero attached hydrogens (tertiary/aromatic N) is 3. The van der Waals surface area contributed by atoms with Crippen LogP contribution in [0.2, 0.25) is 0 Å². The summed E-state index contributed by atoms with van der Waals surface area (Å²) in [6, 6.07) is 3.48. The van der Waals surface area contributed by atoms with Gasteiger partial charge in [0.2, 0.25) is 0 Å². The van der Waals surface area contributed by atoms with Crippen LogP contribution in [0.25, 0.3) is 10.9 Å². The Labute approximate surface area is 150 Å². The number of amides is 1. The molecule has 2 aliphatic rings. The summed E-state index contributed by atoms with van der Waals surface area (Å²) in [6.07, 6.45) is 5.14. The molecule has 1 aromatic carbocycles. The molecule has 2 heterocycles. The van der Waals surface area contributed by atoms with E-state index in [2.05, 4.69) is 5.10 Å². The van der Waals surface area contributed by atoms with Crippen molar-refractivity contribution in [3.8, 4) is 5.75 Å². The van der Waals surface area contributed by atoms with Gasteiger partial charge in [-0.1, -0.05) is 0 Å². The summed E-state index contributed by atoms with van der Waals surface area (Å²) in [7, 11) is 3.25. The molecule has 1 saturated carbocycles. The van der Waals surface area contributed by atoms with E-state index in [0.29, 0.717) is 17.9 Å². The number of ether oxygens (including phenoxy) is 2. The van der Waals surface area contributed by atoms with Gasteiger partial charge in [-0.2, -0.15) is 5.10 Å². The second-order valence-corrected chi connectivity index (χ2v) is 7.09. The first kappa shape index (κ1) is 16.7. The molecule has 26 heavy (non-hydrogen) atoms. The van der Waals surface area contributed by atoms with Gasteiger partial charge in [0.25, 0.3) is 0 Å². The maximum atomic E-state index is 11.7. The Hall–Kier alpha value is -2.77. The number of aromatic nitrogens is 2. The number of rotatable bonds is 3. The number of methoxy groups -OCH3 is 1. The monoisotopic (exact) mass is 359 g/mol. The Morgan fingerprint density at radius 3 is 2.69 bits per heavy atom. The van der Waals surface area contributed by atoms with Crippen LogP contribution in [0, 0.1) is 0 Å². The molecule has 1 aliphatic heterocycles. The molecular weight excluding hydrogens is 338 g/mol. The molecule has 1 saturated heterocycles. The van der Waals surface area contributed by atoms with Crippen LogP contribution in [0.1, 0.15) is 42.1 Å². The van der Waals surface area contributed by atoms with E-state index in [1.165, 1.54) is 7.11 Å². The zero-order chi connectivity index (χ0) is 18.5. The van der Waals surface area contributed by atoms with Crippen molar-refractivity contribution in [1.82, 2.24) is 14.7 Å². The van der Waals surface area contributed by atoms with Crippen molar-refractivity contribution in [3.05, 3.63) is 23.9 Å². The van der Waals surface area contributed by atoms with Crippen molar-refractivity contribution in [2.75, 3.05) is 20.8 Å². The third kappa shape index (κ3) is 2.48. The van der Waals surface area contributed by atoms with E-state index in [1.807, 2.05) is 10.9 Å². The highest BCUT2D eigenvalue weighted by Crippen LogP contribution is 2.41. The van der Waals surface area contributed by atoms with Gasteiger partial charge in [-0.3, -0.25) is 4.68 Å². The van der Waals surface area contributed by atoms with Gasteiger partial charge in [0.05, 0.1) is 24.2 Å². The van der Waals surface area contributed by atoms with Crippen molar-refractivity contribution in [2.24, 2.45) is 0 Å². The number of fused-ring (bicyclic) bond motifs is 1. The number of carbonyl (C=O) groups is 2. The zero-order valence-electron chi connectivity index (χ0n) is 14.8. The lowest BCUT2D eigenvalue weighted by Crippen LogP contribution is -2.47. The van der Waals surface area contributed by atoms with Crippen molar-refractivity contribution in [3.63, 3.8) is 0 Å². The van der Waals surface area contributed by atoms with Crippen LogP contribution in [0.4, 0.5) is 4.79 Å². The summed E-state index contributed by atoms with van der Waals surface area (Å²) >= 11 is 0. The summed E-state index contributed by atoms with van der Waals surface area (Å²) < 4.78 is 12.3. The predicted molar refractivity (Wildman–Crippen MR) is 92.6 cm³/mol. The third-order valence-electron chi connectivity index (χ3n) is 5.78. The fourth-order valence-electron chi connectivity index (χ4n) is 4.06. The van der Waals surface area contributed by atoms with Crippen molar-refractivity contribution in [2.45, 2.75) is 37.3 Å². The van der Waals surface area contributed by atoms with Gasteiger partial charge in [-0.15, -0.1) is 0 Å². The van der Waals surface area contributed by atoms with Gasteiger partial charge >= 0.3 is 12.1 Å². The molecule has 8 nitrogen and oxygen atoms in total. The number of hydrogen-bond acceptors (Lipinski definition) is 5. The van der Waals surface area contributed by atoms with Crippen LogP contribution in [-0.4, -0.2) is 58.2 Å². The van der Waals surface area contributed by atoms with Gasteiger partial charge in [0.1, 0.15) is 17.9 Å². The first-order valence-corrected chi connectivity index (χ1v) is 8.64. The van der Waals surface area contributed by atoms with Crippen LogP contribution in [0.15, 0.2) is 18.3 Å². The van der Waals surface area contributed by atoms with Gasteiger partial charge in [0, 0.05) is 24.7 Å². The highest BCUT2D eigenvalue weighted by atomic mass is 16.6. The highest BCUT2D eigenvalue weighted by molar-refractivity contribution is 5.96. The average molecular weight is 359 g/mol. The first-order valence-electron chi connectivity index (χ1n) is 8.64. The predicted octanol–water partition coefficient (Wildman–Crippen LogP) is 2.68. The molecule has 1 aliphatic carbocycles. The molecule has 1 amide bonds. The number of carboxylic acids is 1. The van der Waals surface area contributed by atoms with E-state index in [4.69, 9.17) is 9.47 Å². The number of likely N-dealkylation sites (N-methyl/N-ethyl adjacent to an activating group) is 1. The lowest BCUT2D eigenvalue weighted by Gasteiger charge is -2.39. The van der Waals surface area contributed by atoms with Gasteiger partial charge in [-0.25, -0.2) is 9.59 Å². The Balaban J connectivity index is 1.58. The van der Waals surface area contributed by atoms with Crippen LogP contribution in [0.3, 0.4) is 0 Å². The molecule has 0 atom stereocenters. The number of carboxylic acid groups (broad SMARTS) is 1. The Morgan fingerprint density at radius 1 is 1.38 bits per heavy atom. The van der Waals surface area contributed by atoms with Crippen molar-refractivity contribution in [1.29, 1.82) is 0 Å². The molecule has 8 heteroatoms. The van der Waals surface area contributed by atoms with Crippen LogP contribution in [0.5, 0.6) is 5.75 Å². The lowest BCUT2D eigenvalue weighted by molar-refractivity contribution is 0.0693. The standard InChI is InChI=1S/C18H21N3O5/c1-20-17(24)26-10-18(20)5-3-12(4-6-18)21-9-11-7-13(16(22)23)15(25-2)8-14(11)19-21/h7-9,12H,3-6,10H2,1-2H3,(H,22,23)/t12-,18+. The van der Waals surface area contributed by atoms with E-state index in [1.54, 1.807) is 24.1 Å². The first-order chi connectivity index (χ1) is 12.4. The van der Waals surface area contributed by atoms with Gasteiger partial charge in [0.15, 0.2) is 0 Å². The van der Waals surface area contributed by atoms with Crippen LogP contribution in [-0.2, 0) is 4.74 Å². The fourth-order valence-corrected chi connectivity index (χ4v) is 4.06. The summed E-state index contributed by atoms with van der Waals surface area (Å²) in [5, 5.41) is 14.7. The molecule has 0 unspecified atom stereocenters. The minimum absolute atomic E-state index is 0.130. The molecule has 1 spiro atoms. The largest absolute Gasteiger partial charge is 0.496 e. The summed E-state index contributed by atoms with van der Waals surface area (Å²) in [4.78, 5) is 24.8. The number of aromatic carboxylic acids is 1. The molecule has 4 rings (SSSR count). The quantitative estimate of drug-likeness (QED) is 0.905. The molecule has 0 radical (unpaired) electrons. The maximum Gasteiger partial charge on any atom is 0.410 e. The molecule has 1 N–H and O–H groups in total. The zero-order valence-corrected chi connectivity index (χ0v) is 14.8. The Kier molecular flexibility index (Phi) is 3.78. The number of benzene rings is 1. The van der Waals surface area contributed by atoms with Crippen LogP contribution < -0.4 is 4.74 Å². The van der Waals surface area contributed by atoms with E-state index in [0.717, 1.165) is 31.1 Å².